The summed E-state index contributed by atoms with van der Waals surface area (Å²) in [5, 5.41) is 8.73. The largest absolute Gasteiger partial charge is 0.434 e. The van der Waals surface area contributed by atoms with Gasteiger partial charge in [0.05, 0.1) is 5.01 Å². The Morgan fingerprint density at radius 1 is 1.38 bits per heavy atom. The van der Waals surface area contributed by atoms with Crippen molar-refractivity contribution < 1.29 is 13.2 Å². The van der Waals surface area contributed by atoms with Crippen LogP contribution in [0.4, 0.5) is 13.2 Å². The van der Waals surface area contributed by atoms with Crippen LogP contribution in [0, 0.1) is 0 Å². The van der Waals surface area contributed by atoms with Gasteiger partial charge in [-0.3, -0.25) is 4.99 Å². The number of aromatic nitrogens is 1. The van der Waals surface area contributed by atoms with Crippen molar-refractivity contribution in [1.82, 2.24) is 15.2 Å². The van der Waals surface area contributed by atoms with Crippen LogP contribution in [0.2, 0.25) is 0 Å². The number of thiophene rings is 1. The van der Waals surface area contributed by atoms with Gasteiger partial charge in [-0.2, -0.15) is 24.5 Å². The Balaban J connectivity index is 0.00000288. The van der Waals surface area contributed by atoms with E-state index in [0.717, 1.165) is 23.3 Å². The van der Waals surface area contributed by atoms with E-state index in [0.29, 0.717) is 23.9 Å². The maximum Gasteiger partial charge on any atom is 0.434 e. The van der Waals surface area contributed by atoms with Crippen molar-refractivity contribution in [2.75, 3.05) is 20.6 Å². The summed E-state index contributed by atoms with van der Waals surface area (Å²) < 4.78 is 37.5. The lowest BCUT2D eigenvalue weighted by Gasteiger charge is -2.21. The second-order valence-corrected chi connectivity index (χ2v) is 6.56. The van der Waals surface area contributed by atoms with Crippen molar-refractivity contribution in [1.29, 1.82) is 0 Å². The van der Waals surface area contributed by atoms with Gasteiger partial charge in [0.2, 0.25) is 0 Å². The van der Waals surface area contributed by atoms with Gasteiger partial charge in [0.25, 0.3) is 0 Å². The van der Waals surface area contributed by atoms with Crippen molar-refractivity contribution in [2.24, 2.45) is 4.99 Å². The Morgan fingerprint density at radius 3 is 2.67 bits per heavy atom. The Labute approximate surface area is 163 Å². The van der Waals surface area contributed by atoms with Crippen LogP contribution >= 0.6 is 46.7 Å². The quantitative estimate of drug-likeness (QED) is 0.390. The number of rotatable bonds is 5. The molecule has 0 saturated heterocycles. The van der Waals surface area contributed by atoms with Gasteiger partial charge in [-0.05, 0) is 22.4 Å². The van der Waals surface area contributed by atoms with Crippen LogP contribution in [-0.4, -0.2) is 36.5 Å². The molecule has 0 atom stereocenters. The third-order valence-corrected chi connectivity index (χ3v) is 4.68. The van der Waals surface area contributed by atoms with E-state index in [1.54, 1.807) is 18.4 Å². The zero-order chi connectivity index (χ0) is 16.9. The first-order valence-electron chi connectivity index (χ1n) is 6.84. The van der Waals surface area contributed by atoms with Crippen LogP contribution < -0.4 is 5.32 Å². The number of guanidine groups is 1. The Morgan fingerprint density at radius 2 is 2.12 bits per heavy atom. The molecule has 10 heteroatoms. The molecule has 2 rings (SSSR count). The van der Waals surface area contributed by atoms with E-state index in [1.165, 1.54) is 5.56 Å². The number of aliphatic imine (C=N–C) groups is 1. The van der Waals surface area contributed by atoms with E-state index in [4.69, 9.17) is 0 Å². The van der Waals surface area contributed by atoms with E-state index in [9.17, 15) is 13.2 Å². The Bertz CT molecular complexity index is 641. The summed E-state index contributed by atoms with van der Waals surface area (Å²) >= 11 is 2.66. The van der Waals surface area contributed by atoms with Gasteiger partial charge in [-0.1, -0.05) is 0 Å². The summed E-state index contributed by atoms with van der Waals surface area (Å²) in [6, 6.07) is 2.04. The molecule has 1 N–H and O–H groups in total. The molecule has 0 fully saturated rings. The zero-order valence-electron chi connectivity index (χ0n) is 13.1. The van der Waals surface area contributed by atoms with Crippen molar-refractivity contribution in [3.8, 4) is 0 Å². The number of nitrogens with one attached hydrogen (secondary N) is 1. The van der Waals surface area contributed by atoms with E-state index >= 15 is 0 Å². The molecular weight excluding hydrogens is 472 g/mol. The summed E-state index contributed by atoms with van der Waals surface area (Å²) in [6.07, 6.45) is -3.95. The number of thiazole rings is 1. The van der Waals surface area contributed by atoms with Crippen molar-refractivity contribution in [3.05, 3.63) is 38.5 Å². The predicted molar refractivity (Wildman–Crippen MR) is 103 cm³/mol. The molecule has 24 heavy (non-hydrogen) atoms. The molecule has 0 spiro atoms. The summed E-state index contributed by atoms with van der Waals surface area (Å²) in [5.74, 6) is 0.698. The fourth-order valence-corrected chi connectivity index (χ4v) is 3.42. The lowest BCUT2D eigenvalue weighted by molar-refractivity contribution is -0.140. The number of halogens is 4. The van der Waals surface area contributed by atoms with Gasteiger partial charge in [0.1, 0.15) is 0 Å². The van der Waals surface area contributed by atoms with E-state index in [2.05, 4.69) is 20.7 Å². The fourth-order valence-electron chi connectivity index (χ4n) is 1.95. The highest BCUT2D eigenvalue weighted by atomic mass is 127. The maximum atomic E-state index is 12.5. The van der Waals surface area contributed by atoms with Crippen LogP contribution in [0.5, 0.6) is 0 Å². The molecule has 2 aromatic rings. The first-order chi connectivity index (χ1) is 10.9. The SMILES string of the molecule is CN=C(NCCc1nc(C(F)(F)F)cs1)N(C)Cc1ccsc1.I. The molecule has 0 aliphatic carbocycles. The molecule has 0 aliphatic rings. The fraction of sp³-hybridized carbons (Fsp3) is 0.429. The number of hydrogen-bond donors (Lipinski definition) is 1. The first kappa shape index (κ1) is 21.2. The van der Waals surface area contributed by atoms with Gasteiger partial charge < -0.3 is 10.2 Å². The topological polar surface area (TPSA) is 40.5 Å². The molecule has 0 radical (unpaired) electrons. The molecule has 2 heterocycles. The average molecular weight is 490 g/mol. The highest BCUT2D eigenvalue weighted by Gasteiger charge is 2.33. The van der Waals surface area contributed by atoms with E-state index < -0.39 is 11.9 Å². The number of hydrogen-bond acceptors (Lipinski definition) is 4. The summed E-state index contributed by atoms with van der Waals surface area (Å²) in [5.41, 5.74) is 0.367. The van der Waals surface area contributed by atoms with Gasteiger partial charge in [-0.25, -0.2) is 4.98 Å². The molecule has 4 nitrogen and oxygen atoms in total. The lowest BCUT2D eigenvalue weighted by atomic mass is 10.3. The van der Waals surface area contributed by atoms with Crippen LogP contribution in [0.1, 0.15) is 16.3 Å². The van der Waals surface area contributed by atoms with E-state index in [1.807, 2.05) is 23.4 Å². The first-order valence-corrected chi connectivity index (χ1v) is 8.67. The molecule has 0 saturated carbocycles. The van der Waals surface area contributed by atoms with Gasteiger partial charge in [-0.15, -0.1) is 35.3 Å². The monoisotopic (exact) mass is 490 g/mol. The molecule has 0 aromatic carbocycles. The normalized spacial score (nSPS) is 12.0. The van der Waals surface area contributed by atoms with Crippen LogP contribution in [0.15, 0.2) is 27.2 Å². The van der Waals surface area contributed by atoms with Gasteiger partial charge in [0, 0.05) is 39.0 Å². The lowest BCUT2D eigenvalue weighted by Crippen LogP contribution is -2.39. The zero-order valence-corrected chi connectivity index (χ0v) is 17.1. The minimum atomic E-state index is -4.38. The van der Waals surface area contributed by atoms with E-state index in [-0.39, 0.29) is 24.0 Å². The summed E-state index contributed by atoms with van der Waals surface area (Å²) in [4.78, 5) is 9.76. The minimum absolute atomic E-state index is 0. The van der Waals surface area contributed by atoms with Crippen LogP contribution in [-0.2, 0) is 19.1 Å². The molecule has 0 aliphatic heterocycles. The Kier molecular flexibility index (Phi) is 8.43. The third kappa shape index (κ3) is 6.20. The van der Waals surface area contributed by atoms with Crippen LogP contribution in [0.3, 0.4) is 0 Å². The highest BCUT2D eigenvalue weighted by molar-refractivity contribution is 14.0. The number of alkyl halides is 3. The third-order valence-electron chi connectivity index (χ3n) is 3.04. The summed E-state index contributed by atoms with van der Waals surface area (Å²) in [6.45, 7) is 1.20. The van der Waals surface area contributed by atoms with Gasteiger partial charge in [0.15, 0.2) is 11.7 Å². The average Bonchev–Trinajstić information content (AvgIpc) is 3.14. The number of nitrogens with zero attached hydrogens (tertiary/aromatic N) is 3. The maximum absolute atomic E-state index is 12.5. The molecular formula is C14H18F3IN4S2. The molecule has 0 bridgehead atoms. The second-order valence-electron chi connectivity index (χ2n) is 4.84. The highest BCUT2D eigenvalue weighted by Crippen LogP contribution is 2.29. The standard InChI is InChI=1S/C14H17F3N4S2.HI/c1-18-13(21(2)7-10-4-6-22-8-10)19-5-3-12-20-11(9-23-12)14(15,16)17;/h4,6,8-9H,3,5,7H2,1-2H3,(H,18,19);1H. The smallest absolute Gasteiger partial charge is 0.356 e. The van der Waals surface area contributed by atoms with Crippen molar-refractivity contribution in [2.45, 2.75) is 19.1 Å². The van der Waals surface area contributed by atoms with Crippen molar-refractivity contribution in [3.63, 3.8) is 0 Å². The summed E-state index contributed by atoms with van der Waals surface area (Å²) in [7, 11) is 3.59. The second kappa shape index (κ2) is 9.56. The predicted octanol–water partition coefficient (Wildman–Crippen LogP) is 4.09. The van der Waals surface area contributed by atoms with Crippen LogP contribution in [0.25, 0.3) is 0 Å². The molecule has 0 amide bonds. The molecule has 0 unspecified atom stereocenters. The Hall–Kier alpha value is -0.880. The minimum Gasteiger partial charge on any atom is -0.356 e. The molecule has 134 valence electrons. The molecule has 2 aromatic heterocycles. The van der Waals surface area contributed by atoms with Crippen molar-refractivity contribution >= 4 is 52.6 Å². The van der Waals surface area contributed by atoms with Gasteiger partial charge >= 0.3 is 6.18 Å².